The van der Waals surface area contributed by atoms with Gasteiger partial charge in [0.25, 0.3) is 0 Å². The second-order valence-electron chi connectivity index (χ2n) is 6.08. The van der Waals surface area contributed by atoms with Crippen molar-refractivity contribution in [2.75, 3.05) is 0 Å². The van der Waals surface area contributed by atoms with Crippen LogP contribution in [0.1, 0.15) is 17.0 Å². The van der Waals surface area contributed by atoms with Crippen molar-refractivity contribution in [3.8, 4) is 11.8 Å². The van der Waals surface area contributed by atoms with Crippen LogP contribution >= 0.6 is 0 Å². The maximum absolute atomic E-state index is 9.67. The van der Waals surface area contributed by atoms with Gasteiger partial charge in [-0.2, -0.15) is 5.26 Å². The van der Waals surface area contributed by atoms with E-state index in [0.717, 1.165) is 11.3 Å². The average molecular weight is 369 g/mol. The number of nitriles is 1. The minimum Gasteiger partial charge on any atom is -0.448 e. The van der Waals surface area contributed by atoms with Gasteiger partial charge in [0, 0.05) is 41.6 Å². The molecule has 0 bridgehead atoms. The summed E-state index contributed by atoms with van der Waals surface area (Å²) in [4.78, 5) is 12.0. The van der Waals surface area contributed by atoms with Crippen LogP contribution in [0.25, 0.3) is 5.69 Å². The molecule has 0 spiro atoms. The van der Waals surface area contributed by atoms with Gasteiger partial charge in [0.2, 0.25) is 5.88 Å². The topological polar surface area (TPSA) is 126 Å². The standard InChI is InChI=1S/C20H15N7O/c21-7-16-18(13-1-3-15(4-2-13)27-6-5-24-12-27)17(10-28-20(16)23)19(22)14-8-25-11-26-9-14/h1-6,8-12,18,22H,23H2. The molecule has 1 unspecified atom stereocenters. The highest BCUT2D eigenvalue weighted by atomic mass is 16.5. The van der Waals surface area contributed by atoms with E-state index in [0.29, 0.717) is 11.1 Å². The summed E-state index contributed by atoms with van der Waals surface area (Å²) < 4.78 is 7.23. The maximum Gasteiger partial charge on any atom is 0.204 e. The Morgan fingerprint density at radius 1 is 1.18 bits per heavy atom. The number of allylic oxidation sites excluding steroid dienone is 2. The van der Waals surface area contributed by atoms with Gasteiger partial charge in [-0.1, -0.05) is 12.1 Å². The lowest BCUT2D eigenvalue weighted by Crippen LogP contribution is -2.22. The van der Waals surface area contributed by atoms with E-state index in [1.165, 1.54) is 12.6 Å². The van der Waals surface area contributed by atoms with Gasteiger partial charge in [0.05, 0.1) is 24.2 Å². The third-order valence-electron chi connectivity index (χ3n) is 4.47. The molecule has 0 fully saturated rings. The number of aromatic nitrogens is 4. The van der Waals surface area contributed by atoms with Crippen LogP contribution < -0.4 is 5.73 Å². The van der Waals surface area contributed by atoms with Crippen LogP contribution in [0, 0.1) is 16.7 Å². The number of nitrogens with two attached hydrogens (primary N) is 1. The first-order valence-corrected chi connectivity index (χ1v) is 8.38. The third kappa shape index (κ3) is 3.01. The molecule has 0 radical (unpaired) electrons. The van der Waals surface area contributed by atoms with Crippen molar-refractivity contribution in [3.63, 3.8) is 0 Å². The molecule has 3 N–H and O–H groups in total. The second kappa shape index (κ2) is 7.17. The number of benzene rings is 1. The number of nitrogens with zero attached hydrogens (tertiary/aromatic N) is 5. The predicted molar refractivity (Wildman–Crippen MR) is 101 cm³/mol. The summed E-state index contributed by atoms with van der Waals surface area (Å²) in [6.07, 6.45) is 11.2. The highest BCUT2D eigenvalue weighted by Crippen LogP contribution is 2.37. The monoisotopic (exact) mass is 369 g/mol. The van der Waals surface area contributed by atoms with Crippen LogP contribution in [0.5, 0.6) is 0 Å². The molecule has 3 aromatic rings. The van der Waals surface area contributed by atoms with E-state index in [1.54, 1.807) is 24.9 Å². The van der Waals surface area contributed by atoms with Gasteiger partial charge in [-0.05, 0) is 17.7 Å². The smallest absolute Gasteiger partial charge is 0.204 e. The molecule has 1 aromatic carbocycles. The largest absolute Gasteiger partial charge is 0.448 e. The Kier molecular flexibility index (Phi) is 4.40. The van der Waals surface area contributed by atoms with Gasteiger partial charge in [-0.15, -0.1) is 0 Å². The van der Waals surface area contributed by atoms with Crippen molar-refractivity contribution < 1.29 is 4.74 Å². The number of ether oxygens (including phenoxy) is 1. The van der Waals surface area contributed by atoms with Gasteiger partial charge in [-0.3, -0.25) is 5.41 Å². The van der Waals surface area contributed by atoms with Crippen LogP contribution in [-0.4, -0.2) is 25.2 Å². The molecule has 8 heteroatoms. The van der Waals surface area contributed by atoms with E-state index in [2.05, 4.69) is 21.0 Å². The van der Waals surface area contributed by atoms with Crippen LogP contribution in [-0.2, 0) is 4.74 Å². The summed E-state index contributed by atoms with van der Waals surface area (Å²) in [5.41, 5.74) is 9.12. The zero-order valence-electron chi connectivity index (χ0n) is 14.6. The molecule has 1 aliphatic heterocycles. The van der Waals surface area contributed by atoms with Gasteiger partial charge in [0.15, 0.2) is 0 Å². The Morgan fingerprint density at radius 2 is 1.93 bits per heavy atom. The van der Waals surface area contributed by atoms with Crippen molar-refractivity contribution >= 4 is 5.71 Å². The average Bonchev–Trinajstić information content (AvgIpc) is 3.29. The lowest BCUT2D eigenvalue weighted by Gasteiger charge is -2.25. The Morgan fingerprint density at radius 3 is 2.57 bits per heavy atom. The van der Waals surface area contributed by atoms with Gasteiger partial charge in [-0.25, -0.2) is 15.0 Å². The van der Waals surface area contributed by atoms with Crippen molar-refractivity contribution in [3.05, 3.63) is 96.1 Å². The predicted octanol–water partition coefficient (Wildman–Crippen LogP) is 2.42. The molecule has 28 heavy (non-hydrogen) atoms. The van der Waals surface area contributed by atoms with Crippen molar-refractivity contribution in [1.29, 1.82) is 10.7 Å². The summed E-state index contributed by atoms with van der Waals surface area (Å²) in [5.74, 6) is -0.490. The van der Waals surface area contributed by atoms with Gasteiger partial charge >= 0.3 is 0 Å². The zero-order valence-corrected chi connectivity index (χ0v) is 14.6. The fourth-order valence-corrected chi connectivity index (χ4v) is 3.07. The molecule has 1 atom stereocenters. The van der Waals surface area contributed by atoms with E-state index in [9.17, 15) is 5.26 Å². The normalized spacial score (nSPS) is 16.1. The number of hydrogen-bond donors (Lipinski definition) is 2. The minimum absolute atomic E-state index is 0.0343. The molecule has 4 rings (SSSR count). The molecular weight excluding hydrogens is 354 g/mol. The molecule has 0 amide bonds. The van der Waals surface area contributed by atoms with Gasteiger partial charge < -0.3 is 15.0 Å². The van der Waals surface area contributed by atoms with Crippen molar-refractivity contribution in [1.82, 2.24) is 19.5 Å². The van der Waals surface area contributed by atoms with Crippen molar-refractivity contribution in [2.24, 2.45) is 5.73 Å². The maximum atomic E-state index is 9.67. The molecular formula is C20H15N7O. The van der Waals surface area contributed by atoms with Gasteiger partial charge in [0.1, 0.15) is 18.0 Å². The molecule has 0 saturated carbocycles. The molecule has 2 aromatic heterocycles. The third-order valence-corrected chi connectivity index (χ3v) is 4.47. The van der Waals surface area contributed by atoms with E-state index < -0.39 is 5.92 Å². The van der Waals surface area contributed by atoms with Crippen LogP contribution in [0.4, 0.5) is 0 Å². The molecule has 0 saturated heterocycles. The fourth-order valence-electron chi connectivity index (χ4n) is 3.07. The lowest BCUT2D eigenvalue weighted by atomic mass is 9.81. The molecule has 0 aliphatic carbocycles. The van der Waals surface area contributed by atoms with Crippen LogP contribution in [0.15, 0.2) is 85.0 Å². The van der Waals surface area contributed by atoms with Crippen LogP contribution in [0.2, 0.25) is 0 Å². The minimum atomic E-state index is -0.525. The highest BCUT2D eigenvalue weighted by molar-refractivity contribution is 6.11. The summed E-state index contributed by atoms with van der Waals surface area (Å²) in [7, 11) is 0. The molecule has 136 valence electrons. The second-order valence-corrected chi connectivity index (χ2v) is 6.08. The quantitative estimate of drug-likeness (QED) is 0.680. The Labute approximate surface area is 160 Å². The Bertz CT molecular complexity index is 1110. The summed E-state index contributed by atoms with van der Waals surface area (Å²) in [5, 5.41) is 18.2. The van der Waals surface area contributed by atoms with Crippen LogP contribution in [0.3, 0.4) is 0 Å². The first kappa shape index (κ1) is 17.2. The van der Waals surface area contributed by atoms with E-state index in [-0.39, 0.29) is 17.2 Å². The summed E-state index contributed by atoms with van der Waals surface area (Å²) in [6.45, 7) is 0. The number of hydrogen-bond acceptors (Lipinski definition) is 7. The zero-order chi connectivity index (χ0) is 19.5. The van der Waals surface area contributed by atoms with E-state index in [1.807, 2.05) is 35.0 Å². The Balaban J connectivity index is 1.75. The van der Waals surface area contributed by atoms with E-state index in [4.69, 9.17) is 15.9 Å². The fraction of sp³-hybridized carbons (Fsp3) is 0.0500. The molecule has 8 nitrogen and oxygen atoms in total. The number of imidazole rings is 1. The molecule has 3 heterocycles. The Hall–Kier alpha value is -4.25. The van der Waals surface area contributed by atoms with Crippen molar-refractivity contribution in [2.45, 2.75) is 5.92 Å². The first-order chi connectivity index (χ1) is 13.7. The summed E-state index contributed by atoms with van der Waals surface area (Å²) in [6, 6.07) is 9.77. The summed E-state index contributed by atoms with van der Waals surface area (Å²) >= 11 is 0. The first-order valence-electron chi connectivity index (χ1n) is 8.38. The molecule has 1 aliphatic rings. The number of rotatable bonds is 4. The SMILES string of the molecule is N#CC1=C(N)OC=C(C(=N)c2cncnc2)C1c1ccc(-n2ccnc2)cc1. The lowest BCUT2D eigenvalue weighted by molar-refractivity contribution is 0.326. The number of nitrogens with one attached hydrogen (secondary N) is 1. The highest BCUT2D eigenvalue weighted by Gasteiger charge is 2.31. The van der Waals surface area contributed by atoms with E-state index >= 15 is 0 Å².